The first-order chi connectivity index (χ1) is 5.65. The molecule has 0 aliphatic heterocycles. The fourth-order valence-corrected chi connectivity index (χ4v) is 1.59. The molecule has 0 saturated carbocycles. The second-order valence-corrected chi connectivity index (χ2v) is 3.77. The standard InChI is InChI=1S/C11H15Cl/c1-4-9-5-6-11(12)10(7-9)8(2)3/h5-8H,4H2,1-3H3. The smallest absolute Gasteiger partial charge is 0.0440 e. The lowest BCUT2D eigenvalue weighted by molar-refractivity contribution is 0.863. The fourth-order valence-electron chi connectivity index (χ4n) is 1.26. The van der Waals surface area contributed by atoms with Crippen molar-refractivity contribution in [1.82, 2.24) is 0 Å². The summed E-state index contributed by atoms with van der Waals surface area (Å²) >= 11 is 6.05. The van der Waals surface area contributed by atoms with Crippen LogP contribution in [0.15, 0.2) is 18.2 Å². The highest BCUT2D eigenvalue weighted by Gasteiger charge is 2.04. The summed E-state index contributed by atoms with van der Waals surface area (Å²) in [4.78, 5) is 0. The summed E-state index contributed by atoms with van der Waals surface area (Å²) < 4.78 is 0. The lowest BCUT2D eigenvalue weighted by Crippen LogP contribution is -1.91. The number of benzene rings is 1. The molecule has 0 nitrogen and oxygen atoms in total. The SMILES string of the molecule is CCc1ccc(Cl)c(C(C)C)c1. The van der Waals surface area contributed by atoms with Crippen LogP contribution in [0.4, 0.5) is 0 Å². The zero-order valence-electron chi connectivity index (χ0n) is 7.89. The minimum atomic E-state index is 0.518. The Kier molecular flexibility index (Phi) is 3.16. The number of rotatable bonds is 2. The Bertz CT molecular complexity index is 264. The number of hydrogen-bond donors (Lipinski definition) is 0. The van der Waals surface area contributed by atoms with E-state index < -0.39 is 0 Å². The Labute approximate surface area is 79.6 Å². The van der Waals surface area contributed by atoms with E-state index in [4.69, 9.17) is 11.6 Å². The van der Waals surface area contributed by atoms with Gasteiger partial charge in [-0.15, -0.1) is 0 Å². The van der Waals surface area contributed by atoms with E-state index in [-0.39, 0.29) is 0 Å². The highest BCUT2D eigenvalue weighted by Crippen LogP contribution is 2.25. The molecule has 0 saturated heterocycles. The number of aryl methyl sites for hydroxylation is 1. The molecule has 0 spiro atoms. The Morgan fingerprint density at radius 1 is 1.33 bits per heavy atom. The van der Waals surface area contributed by atoms with Gasteiger partial charge >= 0.3 is 0 Å². The predicted molar refractivity (Wildman–Crippen MR) is 54.9 cm³/mol. The van der Waals surface area contributed by atoms with Crippen molar-refractivity contribution >= 4 is 11.6 Å². The molecule has 0 aliphatic rings. The zero-order valence-corrected chi connectivity index (χ0v) is 8.65. The van der Waals surface area contributed by atoms with Gasteiger partial charge in [0.15, 0.2) is 0 Å². The molecule has 0 fully saturated rings. The summed E-state index contributed by atoms with van der Waals surface area (Å²) in [5.74, 6) is 0.518. The van der Waals surface area contributed by atoms with Gasteiger partial charge in [-0.05, 0) is 29.5 Å². The number of halogens is 1. The van der Waals surface area contributed by atoms with E-state index in [1.165, 1.54) is 11.1 Å². The van der Waals surface area contributed by atoms with Gasteiger partial charge in [0, 0.05) is 5.02 Å². The van der Waals surface area contributed by atoms with Crippen molar-refractivity contribution in [2.75, 3.05) is 0 Å². The van der Waals surface area contributed by atoms with E-state index in [2.05, 4.69) is 32.9 Å². The zero-order chi connectivity index (χ0) is 9.14. The molecule has 0 radical (unpaired) electrons. The summed E-state index contributed by atoms with van der Waals surface area (Å²) in [7, 11) is 0. The average Bonchev–Trinajstić information content (AvgIpc) is 2.05. The van der Waals surface area contributed by atoms with Gasteiger partial charge in [-0.25, -0.2) is 0 Å². The molecule has 1 rings (SSSR count). The highest BCUT2D eigenvalue weighted by atomic mass is 35.5. The maximum atomic E-state index is 6.05. The van der Waals surface area contributed by atoms with Crippen molar-refractivity contribution in [3.05, 3.63) is 34.3 Å². The minimum absolute atomic E-state index is 0.518. The third-order valence-corrected chi connectivity index (χ3v) is 2.43. The van der Waals surface area contributed by atoms with E-state index in [1.54, 1.807) is 0 Å². The largest absolute Gasteiger partial charge is 0.0840 e. The molecular weight excluding hydrogens is 168 g/mol. The van der Waals surface area contributed by atoms with E-state index in [1.807, 2.05) is 6.07 Å². The molecule has 0 bridgehead atoms. The van der Waals surface area contributed by atoms with Gasteiger partial charge in [-0.3, -0.25) is 0 Å². The van der Waals surface area contributed by atoms with Crippen molar-refractivity contribution in [3.63, 3.8) is 0 Å². The molecule has 0 aliphatic carbocycles. The van der Waals surface area contributed by atoms with Gasteiger partial charge in [-0.2, -0.15) is 0 Å². The molecule has 0 unspecified atom stereocenters. The molecule has 66 valence electrons. The molecule has 1 aromatic rings. The number of hydrogen-bond acceptors (Lipinski definition) is 0. The fraction of sp³-hybridized carbons (Fsp3) is 0.455. The predicted octanol–water partition coefficient (Wildman–Crippen LogP) is 4.03. The maximum Gasteiger partial charge on any atom is 0.0440 e. The Morgan fingerprint density at radius 2 is 2.00 bits per heavy atom. The van der Waals surface area contributed by atoms with Crippen molar-refractivity contribution in [3.8, 4) is 0 Å². The topological polar surface area (TPSA) is 0 Å². The van der Waals surface area contributed by atoms with E-state index in [0.717, 1.165) is 11.4 Å². The second kappa shape index (κ2) is 3.95. The Hall–Kier alpha value is -0.490. The molecule has 0 atom stereocenters. The average molecular weight is 183 g/mol. The monoisotopic (exact) mass is 182 g/mol. The molecule has 1 aromatic carbocycles. The van der Waals surface area contributed by atoms with Crippen LogP contribution in [0.3, 0.4) is 0 Å². The third kappa shape index (κ3) is 2.01. The molecule has 12 heavy (non-hydrogen) atoms. The van der Waals surface area contributed by atoms with Crippen LogP contribution >= 0.6 is 11.6 Å². The van der Waals surface area contributed by atoms with Crippen LogP contribution in [0, 0.1) is 0 Å². The second-order valence-electron chi connectivity index (χ2n) is 3.36. The highest BCUT2D eigenvalue weighted by molar-refractivity contribution is 6.31. The normalized spacial score (nSPS) is 10.8. The molecular formula is C11H15Cl. The minimum Gasteiger partial charge on any atom is -0.0840 e. The summed E-state index contributed by atoms with van der Waals surface area (Å²) in [5, 5.41) is 0.891. The Morgan fingerprint density at radius 3 is 2.50 bits per heavy atom. The van der Waals surface area contributed by atoms with Crippen LogP contribution in [0.2, 0.25) is 5.02 Å². The first kappa shape index (κ1) is 9.60. The first-order valence-electron chi connectivity index (χ1n) is 4.43. The third-order valence-electron chi connectivity index (χ3n) is 2.09. The van der Waals surface area contributed by atoms with Crippen LogP contribution in [0.5, 0.6) is 0 Å². The van der Waals surface area contributed by atoms with Gasteiger partial charge in [0.1, 0.15) is 0 Å². The molecule has 0 amide bonds. The van der Waals surface area contributed by atoms with Crippen molar-refractivity contribution in [2.45, 2.75) is 33.1 Å². The Balaban J connectivity index is 3.08. The van der Waals surface area contributed by atoms with E-state index >= 15 is 0 Å². The van der Waals surface area contributed by atoms with Crippen LogP contribution in [0.1, 0.15) is 37.8 Å². The van der Waals surface area contributed by atoms with Crippen LogP contribution < -0.4 is 0 Å². The first-order valence-corrected chi connectivity index (χ1v) is 4.81. The molecule has 0 N–H and O–H groups in total. The van der Waals surface area contributed by atoms with Gasteiger partial charge in [0.05, 0.1) is 0 Å². The van der Waals surface area contributed by atoms with Crippen LogP contribution in [-0.4, -0.2) is 0 Å². The molecule has 0 aromatic heterocycles. The summed E-state index contributed by atoms with van der Waals surface area (Å²) in [5.41, 5.74) is 2.62. The van der Waals surface area contributed by atoms with E-state index in [9.17, 15) is 0 Å². The summed E-state index contributed by atoms with van der Waals surface area (Å²) in [6, 6.07) is 6.29. The summed E-state index contributed by atoms with van der Waals surface area (Å²) in [6.07, 6.45) is 1.08. The van der Waals surface area contributed by atoms with Crippen LogP contribution in [-0.2, 0) is 6.42 Å². The maximum absolute atomic E-state index is 6.05. The van der Waals surface area contributed by atoms with Crippen molar-refractivity contribution in [1.29, 1.82) is 0 Å². The lowest BCUT2D eigenvalue weighted by Gasteiger charge is -2.09. The molecule has 0 heterocycles. The summed E-state index contributed by atoms with van der Waals surface area (Å²) in [6.45, 7) is 6.49. The van der Waals surface area contributed by atoms with Crippen molar-refractivity contribution < 1.29 is 0 Å². The van der Waals surface area contributed by atoms with E-state index in [0.29, 0.717) is 5.92 Å². The quantitative estimate of drug-likeness (QED) is 0.648. The lowest BCUT2D eigenvalue weighted by atomic mass is 10.00. The van der Waals surface area contributed by atoms with Gasteiger partial charge in [-0.1, -0.05) is 44.5 Å². The molecule has 1 heteroatoms. The van der Waals surface area contributed by atoms with Crippen LogP contribution in [0.25, 0.3) is 0 Å². The van der Waals surface area contributed by atoms with Gasteiger partial charge in [0.25, 0.3) is 0 Å². The van der Waals surface area contributed by atoms with Gasteiger partial charge < -0.3 is 0 Å². The van der Waals surface area contributed by atoms with Crippen molar-refractivity contribution in [2.24, 2.45) is 0 Å². The van der Waals surface area contributed by atoms with Gasteiger partial charge in [0.2, 0.25) is 0 Å².